The van der Waals surface area contributed by atoms with Crippen molar-refractivity contribution >= 4 is 16.9 Å². The molecule has 0 atom stereocenters. The van der Waals surface area contributed by atoms with Crippen LogP contribution in [0.4, 0.5) is 13.6 Å². The summed E-state index contributed by atoms with van der Waals surface area (Å²) in [6, 6.07) is 8.64. The van der Waals surface area contributed by atoms with E-state index < -0.39 is 23.2 Å². The first-order valence-corrected chi connectivity index (χ1v) is 11.4. The Labute approximate surface area is 200 Å². The van der Waals surface area contributed by atoms with Gasteiger partial charge in [0.1, 0.15) is 11.4 Å². The van der Waals surface area contributed by atoms with Crippen molar-refractivity contribution in [3.8, 4) is 22.7 Å². The Kier molecular flexibility index (Phi) is 5.76. The number of benzene rings is 2. The van der Waals surface area contributed by atoms with Crippen LogP contribution in [0, 0.1) is 11.6 Å². The third-order valence-corrected chi connectivity index (χ3v) is 6.53. The molecule has 0 saturated carbocycles. The fourth-order valence-electron chi connectivity index (χ4n) is 4.49. The molecule has 5 rings (SSSR count). The quantitative estimate of drug-likeness (QED) is 0.447. The summed E-state index contributed by atoms with van der Waals surface area (Å²) >= 11 is 0. The van der Waals surface area contributed by atoms with Gasteiger partial charge in [-0.15, -0.1) is 0 Å². The number of nitrogens with zero attached hydrogens (tertiary/aromatic N) is 5. The Balaban J connectivity index is 1.65. The van der Waals surface area contributed by atoms with Crippen molar-refractivity contribution in [3.63, 3.8) is 0 Å². The van der Waals surface area contributed by atoms with Gasteiger partial charge in [-0.1, -0.05) is 0 Å². The van der Waals surface area contributed by atoms with E-state index >= 15 is 0 Å². The van der Waals surface area contributed by atoms with E-state index in [0.717, 1.165) is 12.1 Å². The van der Waals surface area contributed by atoms with Crippen LogP contribution in [0.1, 0.15) is 13.8 Å². The average Bonchev–Trinajstić information content (AvgIpc) is 3.20. The zero-order chi connectivity index (χ0) is 24.9. The van der Waals surface area contributed by atoms with Crippen LogP contribution in [0.15, 0.2) is 47.4 Å². The number of methoxy groups -OCH3 is 1. The number of hydrogen-bond donors (Lipinski definition) is 0. The zero-order valence-electron chi connectivity index (χ0n) is 19.7. The Morgan fingerprint density at radius 3 is 2.31 bits per heavy atom. The van der Waals surface area contributed by atoms with Crippen LogP contribution in [0.2, 0.25) is 0 Å². The van der Waals surface area contributed by atoms with E-state index in [0.29, 0.717) is 43.7 Å². The predicted molar refractivity (Wildman–Crippen MR) is 127 cm³/mol. The SMILES string of the molecule is COc1ccc(-n2nc3c4cc(F)c(F)cc4n(C(=O)N4CCN(C(C)C)CC4)cc-3c2=O)cc1. The minimum atomic E-state index is -1.08. The van der Waals surface area contributed by atoms with E-state index in [9.17, 15) is 18.4 Å². The molecular weight excluding hydrogens is 456 g/mol. The maximum absolute atomic E-state index is 14.3. The highest BCUT2D eigenvalue weighted by molar-refractivity contribution is 5.99. The fraction of sp³-hybridized carbons (Fsp3) is 0.320. The minimum absolute atomic E-state index is 0.133. The van der Waals surface area contributed by atoms with Gasteiger partial charge in [-0.3, -0.25) is 14.3 Å². The highest BCUT2D eigenvalue weighted by Gasteiger charge is 2.28. The summed E-state index contributed by atoms with van der Waals surface area (Å²) in [6.45, 7) is 6.58. The van der Waals surface area contributed by atoms with Gasteiger partial charge in [0.25, 0.3) is 5.56 Å². The molecule has 0 bridgehead atoms. The van der Waals surface area contributed by atoms with Crippen molar-refractivity contribution in [1.82, 2.24) is 24.1 Å². The summed E-state index contributed by atoms with van der Waals surface area (Å²) in [7, 11) is 1.54. The molecule has 0 unspecified atom stereocenters. The van der Waals surface area contributed by atoms with Crippen molar-refractivity contribution < 1.29 is 18.3 Å². The number of aromatic nitrogens is 3. The number of amides is 1. The number of ether oxygens (including phenoxy) is 1. The normalized spacial score (nSPS) is 14.9. The summed E-state index contributed by atoms with van der Waals surface area (Å²) < 4.78 is 36.1. The fourth-order valence-corrected chi connectivity index (χ4v) is 4.49. The molecule has 10 heteroatoms. The first-order valence-electron chi connectivity index (χ1n) is 11.4. The standard InChI is InChI=1S/C25H25F2N5O3/c1-15(2)29-8-10-30(11-9-29)25(34)31-14-19-23(18-12-20(26)21(27)13-22(18)31)28-32(24(19)33)16-4-6-17(35-3)7-5-16/h4-7,12-15H,8-11H2,1-3H3. The third kappa shape index (κ3) is 3.93. The lowest BCUT2D eigenvalue weighted by molar-refractivity contribution is 0.120. The number of carbonyl (C=O) groups is 1. The van der Waals surface area contributed by atoms with Crippen molar-refractivity contribution in [3.05, 3.63) is 64.6 Å². The van der Waals surface area contributed by atoms with Gasteiger partial charge >= 0.3 is 6.03 Å². The van der Waals surface area contributed by atoms with Crippen molar-refractivity contribution in [1.29, 1.82) is 0 Å². The van der Waals surface area contributed by atoms with Crippen molar-refractivity contribution in [2.75, 3.05) is 33.3 Å². The highest BCUT2D eigenvalue weighted by Crippen LogP contribution is 2.30. The minimum Gasteiger partial charge on any atom is -0.497 e. The molecule has 3 aliphatic rings. The molecule has 1 fully saturated rings. The van der Waals surface area contributed by atoms with Crippen LogP contribution in [0.25, 0.3) is 27.8 Å². The lowest BCUT2D eigenvalue weighted by atomic mass is 10.1. The van der Waals surface area contributed by atoms with Gasteiger partial charge < -0.3 is 9.64 Å². The summed E-state index contributed by atoms with van der Waals surface area (Å²) in [5, 5.41) is 4.59. The second-order valence-corrected chi connectivity index (χ2v) is 8.86. The number of fused-ring (bicyclic) bond motifs is 3. The van der Waals surface area contributed by atoms with Crippen LogP contribution < -0.4 is 10.3 Å². The number of carbonyl (C=O) groups excluding carboxylic acids is 1. The summed E-state index contributed by atoms with van der Waals surface area (Å²) in [5.41, 5.74) is 0.474. The van der Waals surface area contributed by atoms with Gasteiger partial charge in [0, 0.05) is 49.9 Å². The first kappa shape index (κ1) is 23.0. The molecule has 0 radical (unpaired) electrons. The monoisotopic (exact) mass is 481 g/mol. The van der Waals surface area contributed by atoms with Crippen molar-refractivity contribution in [2.45, 2.75) is 19.9 Å². The van der Waals surface area contributed by atoms with Gasteiger partial charge in [-0.05, 0) is 44.2 Å². The van der Waals surface area contributed by atoms with E-state index in [1.54, 1.807) is 29.2 Å². The maximum Gasteiger partial charge on any atom is 0.328 e. The van der Waals surface area contributed by atoms with E-state index in [1.165, 1.54) is 22.6 Å². The zero-order valence-corrected chi connectivity index (χ0v) is 19.7. The van der Waals surface area contributed by atoms with Crippen LogP contribution in [0.3, 0.4) is 0 Å². The van der Waals surface area contributed by atoms with Crippen LogP contribution in [-0.4, -0.2) is 69.5 Å². The number of pyridine rings is 1. The molecule has 35 heavy (non-hydrogen) atoms. The van der Waals surface area contributed by atoms with E-state index in [-0.39, 0.29) is 22.2 Å². The Bertz CT molecular complexity index is 1440. The Morgan fingerprint density at radius 1 is 1.03 bits per heavy atom. The summed E-state index contributed by atoms with van der Waals surface area (Å²) in [6.07, 6.45) is 1.38. The van der Waals surface area contributed by atoms with E-state index in [1.807, 2.05) is 0 Å². The number of piperazine rings is 1. The molecule has 0 aliphatic carbocycles. The molecule has 1 amide bonds. The highest BCUT2D eigenvalue weighted by atomic mass is 19.2. The second-order valence-electron chi connectivity index (χ2n) is 8.86. The molecule has 2 aromatic rings. The summed E-state index contributed by atoms with van der Waals surface area (Å²) in [4.78, 5) is 30.7. The smallest absolute Gasteiger partial charge is 0.328 e. The molecule has 3 heterocycles. The molecule has 3 aliphatic heterocycles. The largest absolute Gasteiger partial charge is 0.497 e. The summed E-state index contributed by atoms with van der Waals surface area (Å²) in [5.74, 6) is -1.55. The van der Waals surface area contributed by atoms with E-state index in [2.05, 4.69) is 23.8 Å². The molecule has 0 spiro atoms. The van der Waals surface area contributed by atoms with Gasteiger partial charge in [0.15, 0.2) is 11.6 Å². The number of rotatable bonds is 3. The average molecular weight is 482 g/mol. The molecule has 0 aromatic heterocycles. The molecule has 1 saturated heterocycles. The predicted octanol–water partition coefficient (Wildman–Crippen LogP) is 3.57. The third-order valence-electron chi connectivity index (χ3n) is 6.53. The second kappa shape index (κ2) is 8.77. The maximum atomic E-state index is 14.3. The first-order chi connectivity index (χ1) is 16.8. The lowest BCUT2D eigenvalue weighted by Gasteiger charge is -2.37. The Hall–Kier alpha value is -3.79. The van der Waals surface area contributed by atoms with Gasteiger partial charge in [0.05, 0.1) is 23.9 Å². The van der Waals surface area contributed by atoms with Crippen LogP contribution >= 0.6 is 0 Å². The lowest BCUT2D eigenvalue weighted by Crippen LogP contribution is -2.51. The van der Waals surface area contributed by atoms with Gasteiger partial charge in [-0.2, -0.15) is 9.78 Å². The van der Waals surface area contributed by atoms with Gasteiger partial charge in [-0.25, -0.2) is 13.6 Å². The Morgan fingerprint density at radius 2 is 1.69 bits per heavy atom. The molecule has 182 valence electrons. The van der Waals surface area contributed by atoms with E-state index in [4.69, 9.17) is 4.74 Å². The molecule has 8 nitrogen and oxygen atoms in total. The van der Waals surface area contributed by atoms with Crippen molar-refractivity contribution in [2.24, 2.45) is 0 Å². The topological polar surface area (TPSA) is 72.6 Å². The van der Waals surface area contributed by atoms with Crippen LogP contribution in [-0.2, 0) is 0 Å². The van der Waals surface area contributed by atoms with Gasteiger partial charge in [0.2, 0.25) is 0 Å². The number of hydrogen-bond acceptors (Lipinski definition) is 5. The number of halogens is 2. The molecular formula is C25H25F2N5O3. The molecule has 0 N–H and O–H groups in total. The van der Waals surface area contributed by atoms with Crippen LogP contribution in [0.5, 0.6) is 5.75 Å². The molecule has 2 aromatic carbocycles.